The number of nitrogen functional groups attached to an aromatic ring is 1. The van der Waals surface area contributed by atoms with E-state index in [-0.39, 0.29) is 11.0 Å². The van der Waals surface area contributed by atoms with E-state index in [0.717, 1.165) is 74.8 Å². The SMILES string of the molecule is N#Cc1c(N)sc2c1C1(CC2)CN(c2nc(OC[C@@]34CCCN3C[C@H](F)C4)nc3c2CSCC3)C1. The lowest BCUT2D eigenvalue weighted by atomic mass is 9.74. The lowest BCUT2D eigenvalue weighted by Gasteiger charge is -2.50. The molecule has 0 bridgehead atoms. The van der Waals surface area contributed by atoms with Gasteiger partial charge in [-0.05, 0) is 50.0 Å². The summed E-state index contributed by atoms with van der Waals surface area (Å²) in [5.41, 5.74) is 10.1. The molecular weight excluding hydrogens is 483 g/mol. The predicted molar refractivity (Wildman–Crippen MR) is 136 cm³/mol. The number of rotatable bonds is 4. The molecule has 0 saturated carbocycles. The van der Waals surface area contributed by atoms with Crippen molar-refractivity contribution in [2.45, 2.75) is 61.4 Å². The van der Waals surface area contributed by atoms with Crippen LogP contribution < -0.4 is 15.4 Å². The average Bonchev–Trinajstić information content (AvgIpc) is 3.54. The Kier molecular flexibility index (Phi) is 5.03. The van der Waals surface area contributed by atoms with Gasteiger partial charge in [-0.15, -0.1) is 11.3 Å². The molecule has 2 aromatic rings. The number of alkyl halides is 1. The Labute approximate surface area is 212 Å². The van der Waals surface area contributed by atoms with E-state index in [2.05, 4.69) is 15.9 Å². The number of fused-ring (bicyclic) bond motifs is 4. The second-order valence-electron chi connectivity index (χ2n) is 10.8. The van der Waals surface area contributed by atoms with Gasteiger partial charge < -0.3 is 15.4 Å². The monoisotopic (exact) mass is 512 g/mol. The molecule has 10 heteroatoms. The Bertz CT molecular complexity index is 1240. The zero-order valence-corrected chi connectivity index (χ0v) is 21.3. The summed E-state index contributed by atoms with van der Waals surface area (Å²) < 4.78 is 20.5. The van der Waals surface area contributed by atoms with Crippen LogP contribution in [-0.4, -0.2) is 65.1 Å². The lowest BCUT2D eigenvalue weighted by molar-refractivity contribution is 0.107. The van der Waals surface area contributed by atoms with Crippen molar-refractivity contribution in [2.75, 3.05) is 49.2 Å². The maximum Gasteiger partial charge on any atom is 0.318 e. The van der Waals surface area contributed by atoms with Gasteiger partial charge in [-0.2, -0.15) is 27.0 Å². The minimum absolute atomic E-state index is 0.00151. The minimum atomic E-state index is -0.769. The molecule has 7 nitrogen and oxygen atoms in total. The van der Waals surface area contributed by atoms with Gasteiger partial charge >= 0.3 is 6.01 Å². The first-order valence-electron chi connectivity index (χ1n) is 12.6. The molecule has 7 rings (SSSR count). The highest BCUT2D eigenvalue weighted by molar-refractivity contribution is 7.98. The number of nitriles is 1. The summed E-state index contributed by atoms with van der Waals surface area (Å²) >= 11 is 3.51. The van der Waals surface area contributed by atoms with Crippen LogP contribution in [0.5, 0.6) is 6.01 Å². The van der Waals surface area contributed by atoms with Crippen molar-refractivity contribution in [1.82, 2.24) is 14.9 Å². The van der Waals surface area contributed by atoms with Crippen LogP contribution in [0.1, 0.15) is 52.9 Å². The number of aryl methyl sites for hydroxylation is 2. The predicted octanol–water partition coefficient (Wildman–Crippen LogP) is 3.44. The fourth-order valence-corrected chi connectivity index (χ4v) is 9.26. The van der Waals surface area contributed by atoms with Crippen LogP contribution in [0.3, 0.4) is 0 Å². The highest BCUT2D eigenvalue weighted by Crippen LogP contribution is 2.53. The molecule has 2 atom stereocenters. The van der Waals surface area contributed by atoms with Crippen LogP contribution in [0.25, 0.3) is 0 Å². The molecule has 4 aliphatic heterocycles. The van der Waals surface area contributed by atoms with Gasteiger partial charge in [0.2, 0.25) is 0 Å². The summed E-state index contributed by atoms with van der Waals surface area (Å²) in [6, 6.07) is 2.79. The molecule has 0 aromatic carbocycles. The largest absolute Gasteiger partial charge is 0.461 e. The lowest BCUT2D eigenvalue weighted by Crippen LogP contribution is -2.59. The molecule has 35 heavy (non-hydrogen) atoms. The zero-order chi connectivity index (χ0) is 23.8. The Balaban J connectivity index is 1.16. The fraction of sp³-hybridized carbons (Fsp3) is 0.640. The molecule has 3 saturated heterocycles. The van der Waals surface area contributed by atoms with E-state index >= 15 is 0 Å². The Hall–Kier alpha value is -2.09. The third-order valence-electron chi connectivity index (χ3n) is 8.78. The maximum atomic E-state index is 14.2. The molecule has 6 heterocycles. The minimum Gasteiger partial charge on any atom is -0.461 e. The Morgan fingerprint density at radius 2 is 2.14 bits per heavy atom. The molecule has 2 N–H and O–H groups in total. The summed E-state index contributed by atoms with van der Waals surface area (Å²) in [7, 11) is 0. The molecule has 5 aliphatic rings. The standard InChI is InChI=1S/C25H29FN6OS2/c26-15-8-25(4-1-6-32(25)10-15)14-33-23-29-18-3-7-34-11-17(18)22(30-23)31-12-24(13-31)5-2-19-20(24)16(9-27)21(28)35-19/h15H,1-8,10-14,28H2/t15-,25+/m1/s1. The number of hydrogen-bond acceptors (Lipinski definition) is 9. The van der Waals surface area contributed by atoms with E-state index in [1.165, 1.54) is 16.0 Å². The van der Waals surface area contributed by atoms with E-state index in [1.54, 1.807) is 11.3 Å². The molecular formula is C25H29FN6OS2. The number of thiophene rings is 1. The van der Waals surface area contributed by atoms with Gasteiger partial charge in [-0.25, -0.2) is 4.39 Å². The third-order valence-corrected chi connectivity index (χ3v) is 10.8. The van der Waals surface area contributed by atoms with Gasteiger partial charge in [0.15, 0.2) is 0 Å². The number of nitrogens with two attached hydrogens (primary N) is 1. The first-order valence-corrected chi connectivity index (χ1v) is 14.5. The second-order valence-corrected chi connectivity index (χ2v) is 13.1. The number of thioether (sulfide) groups is 1. The highest BCUT2D eigenvalue weighted by Gasteiger charge is 2.52. The van der Waals surface area contributed by atoms with E-state index in [0.29, 0.717) is 36.1 Å². The Morgan fingerprint density at radius 3 is 3.00 bits per heavy atom. The molecule has 3 fully saturated rings. The summed E-state index contributed by atoms with van der Waals surface area (Å²) in [6.07, 6.45) is 4.83. The van der Waals surface area contributed by atoms with Gasteiger partial charge in [0, 0.05) is 47.7 Å². The van der Waals surface area contributed by atoms with Crippen molar-refractivity contribution < 1.29 is 9.13 Å². The van der Waals surface area contributed by atoms with Crippen LogP contribution >= 0.6 is 23.1 Å². The van der Waals surface area contributed by atoms with E-state index in [1.807, 2.05) is 11.8 Å². The molecule has 0 radical (unpaired) electrons. The molecule has 1 spiro atoms. The van der Waals surface area contributed by atoms with Crippen molar-refractivity contribution in [3.63, 3.8) is 0 Å². The van der Waals surface area contributed by atoms with Gasteiger partial charge in [0.05, 0.1) is 16.8 Å². The summed E-state index contributed by atoms with van der Waals surface area (Å²) in [4.78, 5) is 15.6. The van der Waals surface area contributed by atoms with Gasteiger partial charge in [-0.1, -0.05) is 0 Å². The molecule has 0 unspecified atom stereocenters. The number of ether oxygens (including phenoxy) is 1. The number of aromatic nitrogens is 2. The molecule has 0 amide bonds. The number of halogens is 1. The van der Waals surface area contributed by atoms with Crippen LogP contribution in [0.2, 0.25) is 0 Å². The third kappa shape index (κ3) is 3.31. The summed E-state index contributed by atoms with van der Waals surface area (Å²) in [5, 5.41) is 10.4. The van der Waals surface area contributed by atoms with E-state index < -0.39 is 6.17 Å². The fourth-order valence-electron chi connectivity index (χ4n) is 7.14. The quantitative estimate of drug-likeness (QED) is 0.666. The van der Waals surface area contributed by atoms with Gasteiger partial charge in [-0.3, -0.25) is 4.90 Å². The number of nitrogens with zero attached hydrogens (tertiary/aromatic N) is 5. The molecule has 1 aliphatic carbocycles. The molecule has 2 aromatic heterocycles. The number of hydrogen-bond donors (Lipinski definition) is 1. The van der Waals surface area contributed by atoms with Crippen LogP contribution in [0.4, 0.5) is 15.2 Å². The van der Waals surface area contributed by atoms with Gasteiger partial charge in [0.1, 0.15) is 29.7 Å². The first kappa shape index (κ1) is 22.1. The van der Waals surface area contributed by atoms with Gasteiger partial charge in [0.25, 0.3) is 0 Å². The van der Waals surface area contributed by atoms with Crippen LogP contribution in [0.15, 0.2) is 0 Å². The van der Waals surface area contributed by atoms with Crippen molar-refractivity contribution in [1.29, 1.82) is 5.26 Å². The summed E-state index contributed by atoms with van der Waals surface area (Å²) in [6.45, 7) is 3.62. The van der Waals surface area contributed by atoms with E-state index in [9.17, 15) is 9.65 Å². The molecule has 184 valence electrons. The second kappa shape index (κ2) is 7.95. The number of anilines is 2. The normalized spacial score (nSPS) is 28.5. The van der Waals surface area contributed by atoms with Crippen molar-refractivity contribution in [3.05, 3.63) is 27.3 Å². The van der Waals surface area contributed by atoms with Crippen LogP contribution in [0, 0.1) is 11.3 Å². The van der Waals surface area contributed by atoms with Crippen LogP contribution in [-0.2, 0) is 24.0 Å². The van der Waals surface area contributed by atoms with Crippen molar-refractivity contribution in [2.24, 2.45) is 0 Å². The first-order chi connectivity index (χ1) is 17.0. The van der Waals surface area contributed by atoms with E-state index in [4.69, 9.17) is 20.4 Å². The summed E-state index contributed by atoms with van der Waals surface area (Å²) in [5.74, 6) is 2.95. The highest BCUT2D eigenvalue weighted by atomic mass is 32.2. The topological polar surface area (TPSA) is 91.3 Å². The van der Waals surface area contributed by atoms with Crippen molar-refractivity contribution >= 4 is 33.9 Å². The zero-order valence-electron chi connectivity index (χ0n) is 19.7. The average molecular weight is 513 g/mol. The smallest absolute Gasteiger partial charge is 0.318 e. The maximum absolute atomic E-state index is 14.2. The van der Waals surface area contributed by atoms with Crippen molar-refractivity contribution in [3.8, 4) is 12.1 Å². The Morgan fingerprint density at radius 1 is 1.26 bits per heavy atom.